The molecule has 0 aliphatic heterocycles. The molecule has 0 heterocycles. The second kappa shape index (κ2) is 6.30. The third-order valence-corrected chi connectivity index (χ3v) is 5.22. The van der Waals surface area contributed by atoms with Crippen LogP contribution in [0.1, 0.15) is 53.0 Å². The van der Waals surface area contributed by atoms with E-state index in [4.69, 9.17) is 11.6 Å². The molecule has 0 bridgehead atoms. The van der Waals surface area contributed by atoms with Crippen LogP contribution in [-0.4, -0.2) is 13.1 Å². The van der Waals surface area contributed by atoms with Gasteiger partial charge in [0.25, 0.3) is 0 Å². The van der Waals surface area contributed by atoms with Crippen molar-refractivity contribution in [3.8, 4) is 0 Å². The Morgan fingerprint density at radius 3 is 2.24 bits per heavy atom. The van der Waals surface area contributed by atoms with Crippen LogP contribution in [-0.2, 0) is 5.41 Å². The van der Waals surface area contributed by atoms with Crippen LogP contribution in [0.3, 0.4) is 0 Å². The van der Waals surface area contributed by atoms with Gasteiger partial charge in [-0.15, -0.1) is 0 Å². The Morgan fingerprint density at radius 2 is 1.76 bits per heavy atom. The smallest absolute Gasteiger partial charge is 0.0406 e. The van der Waals surface area contributed by atoms with Crippen molar-refractivity contribution in [3.05, 3.63) is 34.9 Å². The third-order valence-electron chi connectivity index (χ3n) is 4.97. The van der Waals surface area contributed by atoms with Crippen LogP contribution in [0.15, 0.2) is 24.3 Å². The molecule has 0 aromatic heterocycles. The summed E-state index contributed by atoms with van der Waals surface area (Å²) in [6.07, 6.45) is 2.56. The molecule has 118 valence electrons. The van der Waals surface area contributed by atoms with E-state index in [1.54, 1.807) is 0 Å². The lowest BCUT2D eigenvalue weighted by Crippen LogP contribution is -2.52. The van der Waals surface area contributed by atoms with Gasteiger partial charge < -0.3 is 5.32 Å². The Hall–Kier alpha value is -0.530. The zero-order valence-corrected chi connectivity index (χ0v) is 14.9. The van der Waals surface area contributed by atoms with Gasteiger partial charge in [-0.2, -0.15) is 0 Å². The minimum absolute atomic E-state index is 0.303. The first-order valence-corrected chi connectivity index (χ1v) is 8.57. The fourth-order valence-corrected chi connectivity index (χ4v) is 3.51. The van der Waals surface area contributed by atoms with E-state index in [0.29, 0.717) is 16.7 Å². The molecule has 0 radical (unpaired) electrons. The Bertz CT molecular complexity index is 449. The summed E-state index contributed by atoms with van der Waals surface area (Å²) in [6, 6.07) is 8.51. The highest BCUT2D eigenvalue weighted by Crippen LogP contribution is 2.54. The summed E-state index contributed by atoms with van der Waals surface area (Å²) in [5.41, 5.74) is 2.16. The fourth-order valence-electron chi connectivity index (χ4n) is 3.38. The minimum atomic E-state index is 0.303. The molecule has 1 aromatic rings. The molecule has 0 atom stereocenters. The van der Waals surface area contributed by atoms with Crippen molar-refractivity contribution in [2.24, 2.45) is 17.3 Å². The van der Waals surface area contributed by atoms with Gasteiger partial charge in [0.2, 0.25) is 0 Å². The molecule has 1 nitrogen and oxygen atoms in total. The lowest BCUT2D eigenvalue weighted by molar-refractivity contribution is 0.0445. The fraction of sp³-hybridized carbons (Fsp3) is 0.684. The van der Waals surface area contributed by atoms with Crippen molar-refractivity contribution in [1.82, 2.24) is 5.32 Å². The molecule has 2 heteroatoms. The van der Waals surface area contributed by atoms with Crippen LogP contribution in [0.25, 0.3) is 0 Å². The van der Waals surface area contributed by atoms with Gasteiger partial charge in [-0.25, -0.2) is 0 Å². The summed E-state index contributed by atoms with van der Waals surface area (Å²) < 4.78 is 0. The topological polar surface area (TPSA) is 12.0 Å². The van der Waals surface area contributed by atoms with Crippen LogP contribution in [0, 0.1) is 17.3 Å². The average Bonchev–Trinajstić information content (AvgIpc) is 2.31. The summed E-state index contributed by atoms with van der Waals surface area (Å²) in [4.78, 5) is 0. The van der Waals surface area contributed by atoms with Gasteiger partial charge in [-0.3, -0.25) is 0 Å². The van der Waals surface area contributed by atoms with Crippen molar-refractivity contribution >= 4 is 11.6 Å². The highest BCUT2D eigenvalue weighted by Gasteiger charge is 2.48. The first kappa shape index (κ1) is 16.8. The lowest BCUT2D eigenvalue weighted by atomic mass is 9.52. The van der Waals surface area contributed by atoms with Gasteiger partial charge in [0.1, 0.15) is 0 Å². The van der Waals surface area contributed by atoms with Gasteiger partial charge in [-0.1, -0.05) is 58.4 Å². The molecule has 1 saturated carbocycles. The van der Waals surface area contributed by atoms with Gasteiger partial charge >= 0.3 is 0 Å². The molecule has 2 rings (SSSR count). The van der Waals surface area contributed by atoms with E-state index in [-0.39, 0.29) is 0 Å². The van der Waals surface area contributed by atoms with E-state index >= 15 is 0 Å². The van der Waals surface area contributed by atoms with Crippen molar-refractivity contribution < 1.29 is 0 Å². The molecular weight excluding hydrogens is 278 g/mol. The van der Waals surface area contributed by atoms with E-state index in [1.165, 1.54) is 18.4 Å². The van der Waals surface area contributed by atoms with Crippen molar-refractivity contribution in [1.29, 1.82) is 0 Å². The van der Waals surface area contributed by atoms with E-state index in [9.17, 15) is 0 Å². The second-order valence-electron chi connectivity index (χ2n) is 8.28. The molecule has 0 amide bonds. The maximum absolute atomic E-state index is 6.05. The SMILES string of the molecule is CC(C)CNCC1(c2ccc(Cl)cc2)CC(C(C)(C)C)C1. The number of hydrogen-bond acceptors (Lipinski definition) is 1. The molecule has 1 aromatic carbocycles. The summed E-state index contributed by atoms with van der Waals surface area (Å²) in [7, 11) is 0. The number of halogens is 1. The Balaban J connectivity index is 2.11. The van der Waals surface area contributed by atoms with Crippen molar-refractivity contribution in [3.63, 3.8) is 0 Å². The normalized spacial score (nSPS) is 26.0. The van der Waals surface area contributed by atoms with E-state index in [0.717, 1.165) is 24.0 Å². The highest BCUT2D eigenvalue weighted by molar-refractivity contribution is 6.30. The van der Waals surface area contributed by atoms with Gasteiger partial charge in [0.15, 0.2) is 0 Å². The molecular formula is C19H30ClN. The first-order valence-electron chi connectivity index (χ1n) is 8.20. The molecule has 1 N–H and O–H groups in total. The molecule has 0 saturated heterocycles. The monoisotopic (exact) mass is 307 g/mol. The largest absolute Gasteiger partial charge is 0.316 e. The van der Waals surface area contributed by atoms with E-state index in [2.05, 4.69) is 52.1 Å². The van der Waals surface area contributed by atoms with E-state index < -0.39 is 0 Å². The van der Waals surface area contributed by atoms with Crippen molar-refractivity contribution in [2.75, 3.05) is 13.1 Å². The first-order chi connectivity index (χ1) is 9.73. The van der Waals surface area contributed by atoms with Gasteiger partial charge in [-0.05, 0) is 54.3 Å². The number of nitrogens with one attached hydrogen (secondary N) is 1. The molecule has 21 heavy (non-hydrogen) atoms. The number of benzene rings is 1. The maximum atomic E-state index is 6.05. The highest BCUT2D eigenvalue weighted by atomic mass is 35.5. The maximum Gasteiger partial charge on any atom is 0.0406 e. The Morgan fingerprint density at radius 1 is 1.19 bits per heavy atom. The second-order valence-corrected chi connectivity index (χ2v) is 8.72. The van der Waals surface area contributed by atoms with Crippen LogP contribution >= 0.6 is 11.6 Å². The van der Waals surface area contributed by atoms with Crippen LogP contribution < -0.4 is 5.32 Å². The van der Waals surface area contributed by atoms with Crippen molar-refractivity contribution in [2.45, 2.75) is 52.9 Å². The molecule has 1 aliphatic rings. The Labute approximate surface area is 135 Å². The summed E-state index contributed by atoms with van der Waals surface area (Å²) in [5.74, 6) is 1.51. The zero-order valence-electron chi connectivity index (χ0n) is 14.2. The predicted molar refractivity (Wildman–Crippen MR) is 93.0 cm³/mol. The Kier molecular flexibility index (Phi) is 5.05. The standard InChI is InChI=1S/C19H30ClN/c1-14(2)12-21-13-19(10-16(11-19)18(3,4)5)15-6-8-17(20)9-7-15/h6-9,14,16,21H,10-13H2,1-5H3. The summed E-state index contributed by atoms with van der Waals surface area (Å²) >= 11 is 6.05. The number of hydrogen-bond donors (Lipinski definition) is 1. The zero-order chi connectivity index (χ0) is 15.7. The lowest BCUT2D eigenvalue weighted by Gasteiger charge is -2.53. The van der Waals surface area contributed by atoms with E-state index in [1.807, 2.05) is 12.1 Å². The molecule has 1 fully saturated rings. The average molecular weight is 308 g/mol. The summed E-state index contributed by atoms with van der Waals surface area (Å²) in [6.45, 7) is 13.8. The van der Waals surface area contributed by atoms with Gasteiger partial charge in [0, 0.05) is 17.0 Å². The number of rotatable bonds is 5. The van der Waals surface area contributed by atoms with Gasteiger partial charge in [0.05, 0.1) is 0 Å². The summed E-state index contributed by atoms with van der Waals surface area (Å²) in [5, 5.41) is 4.51. The molecule has 0 unspecified atom stereocenters. The third kappa shape index (κ3) is 4.02. The minimum Gasteiger partial charge on any atom is -0.316 e. The quantitative estimate of drug-likeness (QED) is 0.780. The van der Waals surface area contributed by atoms with Crippen LogP contribution in [0.2, 0.25) is 5.02 Å². The molecule has 1 aliphatic carbocycles. The predicted octanol–water partition coefficient (Wildman–Crippen LogP) is 5.28. The molecule has 0 spiro atoms. The van der Waals surface area contributed by atoms with Crippen LogP contribution in [0.4, 0.5) is 0 Å². The van der Waals surface area contributed by atoms with Crippen LogP contribution in [0.5, 0.6) is 0 Å².